The molecule has 2 aliphatic rings. The minimum Gasteiger partial charge on any atom is -0.348 e. The molecule has 0 saturated carbocycles. The maximum absolute atomic E-state index is 13.3. The van der Waals surface area contributed by atoms with E-state index in [-0.39, 0.29) is 41.1 Å². The van der Waals surface area contributed by atoms with Crippen molar-refractivity contribution >= 4 is 40.0 Å². The highest BCUT2D eigenvalue weighted by molar-refractivity contribution is 7.17. The van der Waals surface area contributed by atoms with Crippen LogP contribution in [-0.4, -0.2) is 57.8 Å². The number of nitrogens with zero attached hydrogens (tertiary/aromatic N) is 3. The first kappa shape index (κ1) is 25.8. The molecule has 2 aliphatic heterocycles. The fourth-order valence-corrected chi connectivity index (χ4v) is 5.31. The fourth-order valence-electron chi connectivity index (χ4n) is 4.42. The molecule has 3 N–H and O–H groups in total. The smallest absolute Gasteiger partial charge is 0.280 e. The molecule has 1 aromatic heterocycles. The first-order valence-electron chi connectivity index (χ1n) is 12.2. The average molecular weight is 513 g/mol. The quantitative estimate of drug-likeness (QED) is 0.523. The van der Waals surface area contributed by atoms with Crippen LogP contribution in [0.3, 0.4) is 0 Å². The van der Waals surface area contributed by atoms with Gasteiger partial charge < -0.3 is 16.0 Å². The highest BCUT2D eigenvalue weighted by atomic mass is 32.1. The van der Waals surface area contributed by atoms with Crippen molar-refractivity contribution in [1.82, 2.24) is 25.6 Å². The van der Waals surface area contributed by atoms with E-state index in [1.807, 2.05) is 43.1 Å². The summed E-state index contributed by atoms with van der Waals surface area (Å²) in [5.41, 5.74) is 2.33. The predicted octanol–water partition coefficient (Wildman–Crippen LogP) is 2.37. The molecule has 0 unspecified atom stereocenters. The Hall–Kier alpha value is -3.31. The van der Waals surface area contributed by atoms with Gasteiger partial charge in [0.1, 0.15) is 11.0 Å². The Labute approximate surface area is 214 Å². The number of rotatable bonds is 7. The van der Waals surface area contributed by atoms with Crippen LogP contribution in [0.4, 0.5) is 5.00 Å². The van der Waals surface area contributed by atoms with Crippen molar-refractivity contribution in [3.8, 4) is 0 Å². The Morgan fingerprint density at radius 1 is 1.17 bits per heavy atom. The second-order valence-electron chi connectivity index (χ2n) is 9.56. The van der Waals surface area contributed by atoms with E-state index in [1.165, 1.54) is 0 Å². The maximum atomic E-state index is 13.3. The number of nitrogens with one attached hydrogen (secondary N) is 3. The van der Waals surface area contributed by atoms with Crippen molar-refractivity contribution in [3.63, 3.8) is 0 Å². The number of amides is 4. The number of benzene rings is 1. The topological polar surface area (TPSA) is 124 Å². The van der Waals surface area contributed by atoms with E-state index in [0.717, 1.165) is 35.4 Å². The lowest BCUT2D eigenvalue weighted by molar-refractivity contribution is -0.148. The van der Waals surface area contributed by atoms with Crippen LogP contribution >= 0.6 is 11.3 Å². The van der Waals surface area contributed by atoms with Gasteiger partial charge in [0.15, 0.2) is 5.01 Å². The lowest BCUT2D eigenvalue weighted by Crippen LogP contribution is -2.46. The molecule has 4 amide bonds. The Bertz CT molecular complexity index is 1180. The molecule has 3 heterocycles. The van der Waals surface area contributed by atoms with Crippen LogP contribution in [0.15, 0.2) is 24.3 Å². The summed E-state index contributed by atoms with van der Waals surface area (Å²) in [7, 11) is 0. The zero-order valence-electron chi connectivity index (χ0n) is 21.0. The summed E-state index contributed by atoms with van der Waals surface area (Å²) >= 11 is 1.10. The van der Waals surface area contributed by atoms with E-state index < -0.39 is 12.0 Å². The van der Waals surface area contributed by atoms with Gasteiger partial charge in [-0.25, -0.2) is 9.99 Å². The molecule has 2 aromatic rings. The van der Waals surface area contributed by atoms with Gasteiger partial charge >= 0.3 is 0 Å². The fraction of sp³-hybridized carbons (Fsp3) is 0.480. The Balaban J connectivity index is 1.40. The van der Waals surface area contributed by atoms with Crippen LogP contribution in [0.2, 0.25) is 0 Å². The Morgan fingerprint density at radius 3 is 2.67 bits per heavy atom. The molecule has 0 spiro atoms. The van der Waals surface area contributed by atoms with Crippen LogP contribution in [0.5, 0.6) is 0 Å². The third-order valence-electron chi connectivity index (χ3n) is 6.24. The van der Waals surface area contributed by atoms with E-state index in [0.29, 0.717) is 23.8 Å². The van der Waals surface area contributed by atoms with Crippen LogP contribution in [-0.2, 0) is 20.9 Å². The van der Waals surface area contributed by atoms with Gasteiger partial charge in [-0.15, -0.1) is 0 Å². The third kappa shape index (κ3) is 5.57. The SMILES string of the molecule is Cc1nc(C(=O)NC(C)C)sc1NC(=O)C[C@@H](C)C(=O)N[C@@H]1C(=O)N2CCCN2Cc2ccccc21. The van der Waals surface area contributed by atoms with Crippen molar-refractivity contribution in [1.29, 1.82) is 0 Å². The van der Waals surface area contributed by atoms with Gasteiger partial charge in [-0.3, -0.25) is 24.2 Å². The summed E-state index contributed by atoms with van der Waals surface area (Å²) in [6.45, 7) is 9.14. The van der Waals surface area contributed by atoms with Crippen LogP contribution in [0.25, 0.3) is 0 Å². The van der Waals surface area contributed by atoms with Crippen LogP contribution in [0.1, 0.15) is 66.3 Å². The van der Waals surface area contributed by atoms with E-state index in [9.17, 15) is 19.2 Å². The number of hydrogen-bond acceptors (Lipinski definition) is 7. The summed E-state index contributed by atoms with van der Waals surface area (Å²) in [6.07, 6.45) is 0.818. The lowest BCUT2D eigenvalue weighted by Gasteiger charge is -2.28. The lowest BCUT2D eigenvalue weighted by atomic mass is 9.98. The summed E-state index contributed by atoms with van der Waals surface area (Å²) in [5.74, 6) is -1.85. The zero-order chi connectivity index (χ0) is 26.0. The standard InChI is InChI=1S/C25H32N6O4S/c1-14(2)26-22(34)24-27-16(4)23(36-24)28-19(32)12-15(3)21(33)29-20-18-9-6-5-8-17(18)13-30-10-7-11-31(30)25(20)35/h5-6,8-9,14-15,20H,7,10-13H2,1-4H3,(H,26,34)(H,28,32)(H,29,33)/t15-,20+/m1/s1. The second-order valence-corrected chi connectivity index (χ2v) is 10.6. The maximum Gasteiger partial charge on any atom is 0.280 e. The van der Waals surface area contributed by atoms with Gasteiger partial charge in [-0.1, -0.05) is 42.5 Å². The largest absolute Gasteiger partial charge is 0.348 e. The van der Waals surface area contributed by atoms with Gasteiger partial charge in [0.25, 0.3) is 11.8 Å². The summed E-state index contributed by atoms with van der Waals surface area (Å²) in [4.78, 5) is 55.6. The normalized spacial score (nSPS) is 18.3. The molecule has 0 bridgehead atoms. The van der Waals surface area contributed by atoms with Gasteiger partial charge in [0.05, 0.1) is 5.69 Å². The van der Waals surface area contributed by atoms with E-state index >= 15 is 0 Å². The number of fused-ring (bicyclic) bond motifs is 2. The molecular weight excluding hydrogens is 480 g/mol. The molecule has 1 fully saturated rings. The average Bonchev–Trinajstić information content (AvgIpc) is 3.41. The molecule has 10 nitrogen and oxygen atoms in total. The summed E-state index contributed by atoms with van der Waals surface area (Å²) in [6, 6.07) is 6.82. The third-order valence-corrected chi connectivity index (χ3v) is 7.31. The molecule has 1 saturated heterocycles. The zero-order valence-corrected chi connectivity index (χ0v) is 21.8. The van der Waals surface area contributed by atoms with E-state index in [4.69, 9.17) is 0 Å². The first-order chi connectivity index (χ1) is 17.1. The van der Waals surface area contributed by atoms with E-state index in [2.05, 4.69) is 20.9 Å². The minimum atomic E-state index is -0.798. The number of thiazole rings is 1. The number of aromatic nitrogens is 1. The summed E-state index contributed by atoms with van der Waals surface area (Å²) < 4.78 is 0. The molecule has 2 atom stereocenters. The molecular formula is C25H32N6O4S. The monoisotopic (exact) mass is 512 g/mol. The minimum absolute atomic E-state index is 0.0278. The summed E-state index contributed by atoms with van der Waals surface area (Å²) in [5, 5.41) is 12.9. The molecule has 36 heavy (non-hydrogen) atoms. The first-order valence-corrected chi connectivity index (χ1v) is 13.0. The highest BCUT2D eigenvalue weighted by Gasteiger charge is 2.38. The highest BCUT2D eigenvalue weighted by Crippen LogP contribution is 2.30. The van der Waals surface area contributed by atoms with Gasteiger partial charge in [-0.2, -0.15) is 0 Å². The van der Waals surface area contributed by atoms with Gasteiger partial charge in [-0.05, 0) is 38.3 Å². The van der Waals surface area contributed by atoms with E-state index in [1.54, 1.807) is 18.9 Å². The molecule has 0 aliphatic carbocycles. The molecule has 11 heteroatoms. The molecule has 0 radical (unpaired) electrons. The predicted molar refractivity (Wildman–Crippen MR) is 136 cm³/mol. The van der Waals surface area contributed by atoms with Gasteiger partial charge in [0, 0.05) is 38.0 Å². The van der Waals surface area contributed by atoms with Gasteiger partial charge in [0.2, 0.25) is 11.8 Å². The number of hydrogen-bond donors (Lipinski definition) is 3. The number of carbonyl (C=O) groups excluding carboxylic acids is 4. The number of anilines is 1. The second kappa shape index (κ2) is 10.8. The van der Waals surface area contributed by atoms with Crippen molar-refractivity contribution < 1.29 is 19.2 Å². The Kier molecular flexibility index (Phi) is 7.70. The number of aryl methyl sites for hydroxylation is 1. The van der Waals surface area contributed by atoms with Crippen molar-refractivity contribution in [2.24, 2.45) is 5.92 Å². The number of carbonyl (C=O) groups is 4. The van der Waals surface area contributed by atoms with Crippen molar-refractivity contribution in [3.05, 3.63) is 46.1 Å². The molecule has 192 valence electrons. The van der Waals surface area contributed by atoms with Crippen LogP contribution < -0.4 is 16.0 Å². The molecule has 4 rings (SSSR count). The Morgan fingerprint density at radius 2 is 1.92 bits per heavy atom. The molecule has 1 aromatic carbocycles. The van der Waals surface area contributed by atoms with Crippen LogP contribution in [0, 0.1) is 12.8 Å². The van der Waals surface area contributed by atoms with Crippen molar-refractivity contribution in [2.45, 2.75) is 59.2 Å². The number of hydrazine groups is 1. The van der Waals surface area contributed by atoms with Crippen molar-refractivity contribution in [2.75, 3.05) is 18.4 Å².